The van der Waals surface area contributed by atoms with Crippen molar-refractivity contribution < 1.29 is 14.2 Å². The molecule has 196 valence electrons. The van der Waals surface area contributed by atoms with Gasteiger partial charge in [-0.05, 0) is 73.9 Å². The molecular formula is C27H32BrFN6O2. The van der Waals surface area contributed by atoms with Crippen molar-refractivity contribution >= 4 is 44.8 Å². The average molecular weight is 571 g/mol. The van der Waals surface area contributed by atoms with Gasteiger partial charge >= 0.3 is 0 Å². The van der Waals surface area contributed by atoms with Gasteiger partial charge in [-0.2, -0.15) is 4.98 Å². The summed E-state index contributed by atoms with van der Waals surface area (Å²) < 4.78 is 20.4. The SMILES string of the molecule is COc1cc(Nc2ncc(Br)c(Nc3cc(F)ccc3C(C)(C)O)n2)c(C)cc1N1CC2CC(C1)N2C. The van der Waals surface area contributed by atoms with E-state index in [1.54, 1.807) is 33.2 Å². The first kappa shape index (κ1) is 25.7. The normalized spacial score (nSPS) is 19.4. The lowest BCUT2D eigenvalue weighted by atomic mass is 9.88. The number of nitrogens with one attached hydrogen (secondary N) is 2. The molecule has 0 radical (unpaired) electrons. The van der Waals surface area contributed by atoms with Gasteiger partial charge in [-0.1, -0.05) is 6.07 Å². The predicted octanol–water partition coefficient (Wildman–Crippen LogP) is 5.30. The Kier molecular flexibility index (Phi) is 6.76. The van der Waals surface area contributed by atoms with E-state index in [9.17, 15) is 9.50 Å². The van der Waals surface area contributed by atoms with E-state index < -0.39 is 11.4 Å². The highest BCUT2D eigenvalue weighted by Gasteiger charge is 2.42. The number of aromatic nitrogens is 2. The molecule has 3 aliphatic rings. The molecule has 10 heteroatoms. The Bertz CT molecular complexity index is 1320. The van der Waals surface area contributed by atoms with E-state index >= 15 is 0 Å². The molecule has 0 spiro atoms. The summed E-state index contributed by atoms with van der Waals surface area (Å²) in [6.07, 6.45) is 2.89. The molecule has 3 aliphatic heterocycles. The molecule has 2 aromatic carbocycles. The van der Waals surface area contributed by atoms with Crippen LogP contribution in [0, 0.1) is 12.7 Å². The molecule has 3 saturated heterocycles. The van der Waals surface area contributed by atoms with Crippen LogP contribution in [0.25, 0.3) is 0 Å². The van der Waals surface area contributed by atoms with Gasteiger partial charge in [0.2, 0.25) is 5.95 Å². The number of nitrogens with zero attached hydrogens (tertiary/aromatic N) is 4. The third kappa shape index (κ3) is 5.10. The average Bonchev–Trinajstić information content (AvgIpc) is 2.86. The summed E-state index contributed by atoms with van der Waals surface area (Å²) in [5, 5.41) is 17.0. The fourth-order valence-corrected chi connectivity index (χ4v) is 5.42. The lowest BCUT2D eigenvalue weighted by molar-refractivity contribution is 0.0262. The molecular weight excluding hydrogens is 539 g/mol. The van der Waals surface area contributed by atoms with E-state index in [0.29, 0.717) is 39.6 Å². The Labute approximate surface area is 225 Å². The Hall–Kier alpha value is -2.95. The van der Waals surface area contributed by atoms with Crippen LogP contribution in [0.4, 0.5) is 33.2 Å². The van der Waals surface area contributed by atoms with E-state index in [4.69, 9.17) is 4.74 Å². The third-order valence-corrected chi connectivity index (χ3v) is 7.89. The second-order valence-corrected chi connectivity index (χ2v) is 11.2. The number of methoxy groups -OCH3 is 1. The molecule has 0 saturated carbocycles. The minimum atomic E-state index is -1.17. The first-order valence-corrected chi connectivity index (χ1v) is 13.1. The molecule has 1 aromatic heterocycles. The van der Waals surface area contributed by atoms with Gasteiger partial charge in [0.25, 0.3) is 0 Å². The molecule has 6 rings (SSSR count). The van der Waals surface area contributed by atoms with Crippen LogP contribution in [0.15, 0.2) is 41.0 Å². The minimum absolute atomic E-state index is 0.366. The van der Waals surface area contributed by atoms with Crippen molar-refractivity contribution in [3.8, 4) is 5.75 Å². The van der Waals surface area contributed by atoms with Crippen molar-refractivity contribution in [2.45, 2.75) is 44.9 Å². The van der Waals surface area contributed by atoms with Crippen LogP contribution in [0.1, 0.15) is 31.4 Å². The fraction of sp³-hybridized carbons (Fsp3) is 0.407. The molecule has 2 unspecified atom stereocenters. The van der Waals surface area contributed by atoms with E-state index in [1.165, 1.54) is 18.6 Å². The second kappa shape index (κ2) is 9.74. The Morgan fingerprint density at radius 1 is 1.14 bits per heavy atom. The number of aliphatic hydroxyl groups is 1. The smallest absolute Gasteiger partial charge is 0.229 e. The molecule has 3 aromatic rings. The van der Waals surface area contributed by atoms with Crippen molar-refractivity contribution in [2.24, 2.45) is 0 Å². The molecule has 8 nitrogen and oxygen atoms in total. The topological polar surface area (TPSA) is 85.8 Å². The van der Waals surface area contributed by atoms with Crippen LogP contribution in [-0.4, -0.2) is 59.3 Å². The lowest BCUT2D eigenvalue weighted by Crippen LogP contribution is -2.67. The zero-order valence-corrected chi connectivity index (χ0v) is 23.2. The quantitative estimate of drug-likeness (QED) is 0.352. The summed E-state index contributed by atoms with van der Waals surface area (Å²) in [6.45, 7) is 7.33. The van der Waals surface area contributed by atoms with E-state index in [2.05, 4.69) is 59.4 Å². The monoisotopic (exact) mass is 570 g/mol. The van der Waals surface area contributed by atoms with Crippen molar-refractivity contribution in [2.75, 3.05) is 42.8 Å². The molecule has 0 amide bonds. The van der Waals surface area contributed by atoms with Crippen molar-refractivity contribution in [3.63, 3.8) is 0 Å². The highest BCUT2D eigenvalue weighted by atomic mass is 79.9. The maximum atomic E-state index is 14.0. The molecule has 4 heterocycles. The highest BCUT2D eigenvalue weighted by Crippen LogP contribution is 2.40. The number of hydrogen-bond donors (Lipinski definition) is 3. The minimum Gasteiger partial charge on any atom is -0.495 e. The maximum Gasteiger partial charge on any atom is 0.229 e. The molecule has 2 atom stereocenters. The number of piperidine rings is 1. The van der Waals surface area contributed by atoms with Crippen LogP contribution in [-0.2, 0) is 5.60 Å². The van der Waals surface area contributed by atoms with Gasteiger partial charge in [0.05, 0.1) is 22.9 Å². The van der Waals surface area contributed by atoms with Gasteiger partial charge in [-0.15, -0.1) is 0 Å². The summed E-state index contributed by atoms with van der Waals surface area (Å²) >= 11 is 3.47. The third-order valence-electron chi connectivity index (χ3n) is 7.31. The number of hydrogen-bond acceptors (Lipinski definition) is 8. The lowest BCUT2D eigenvalue weighted by Gasteiger charge is -2.55. The van der Waals surface area contributed by atoms with Gasteiger partial charge in [-0.25, -0.2) is 9.37 Å². The van der Waals surface area contributed by atoms with Crippen LogP contribution >= 0.6 is 15.9 Å². The number of anilines is 5. The Balaban J connectivity index is 1.40. The van der Waals surface area contributed by atoms with Gasteiger partial charge in [0, 0.05) is 54.4 Å². The number of fused-ring (bicyclic) bond motifs is 2. The maximum absolute atomic E-state index is 14.0. The molecule has 3 fully saturated rings. The molecule has 37 heavy (non-hydrogen) atoms. The summed E-state index contributed by atoms with van der Waals surface area (Å²) in [6, 6.07) is 9.54. The van der Waals surface area contributed by atoms with Gasteiger partial charge in [-0.3, -0.25) is 4.90 Å². The summed E-state index contributed by atoms with van der Waals surface area (Å²) in [7, 11) is 3.89. The van der Waals surface area contributed by atoms with Crippen LogP contribution < -0.4 is 20.3 Å². The first-order chi connectivity index (χ1) is 17.5. The van der Waals surface area contributed by atoms with Crippen molar-refractivity contribution in [1.29, 1.82) is 0 Å². The van der Waals surface area contributed by atoms with Gasteiger partial charge in [0.15, 0.2) is 0 Å². The molecule has 0 aliphatic carbocycles. The van der Waals surface area contributed by atoms with Crippen LogP contribution in [0.3, 0.4) is 0 Å². The molecule has 3 N–H and O–H groups in total. The van der Waals surface area contributed by atoms with E-state index in [0.717, 1.165) is 35.8 Å². The number of aryl methyl sites for hydroxylation is 1. The van der Waals surface area contributed by atoms with Gasteiger partial charge < -0.3 is 25.4 Å². The Morgan fingerprint density at radius 3 is 2.51 bits per heavy atom. The molecule has 2 bridgehead atoms. The van der Waals surface area contributed by atoms with Crippen molar-refractivity contribution in [3.05, 3.63) is 57.9 Å². The fourth-order valence-electron chi connectivity index (χ4n) is 5.13. The van der Waals surface area contributed by atoms with E-state index in [1.807, 2.05) is 13.0 Å². The number of halogens is 2. The zero-order chi connectivity index (χ0) is 26.5. The largest absolute Gasteiger partial charge is 0.495 e. The number of likely N-dealkylation sites (N-methyl/N-ethyl adjacent to an activating group) is 1. The number of ether oxygens (including phenoxy) is 1. The number of rotatable bonds is 7. The first-order valence-electron chi connectivity index (χ1n) is 12.3. The van der Waals surface area contributed by atoms with Crippen molar-refractivity contribution in [1.82, 2.24) is 14.9 Å². The van der Waals surface area contributed by atoms with Gasteiger partial charge in [0.1, 0.15) is 17.4 Å². The van der Waals surface area contributed by atoms with E-state index in [-0.39, 0.29) is 0 Å². The summed E-state index contributed by atoms with van der Waals surface area (Å²) in [4.78, 5) is 13.9. The predicted molar refractivity (Wildman–Crippen MR) is 148 cm³/mol. The highest BCUT2D eigenvalue weighted by molar-refractivity contribution is 9.10. The Morgan fingerprint density at radius 2 is 1.86 bits per heavy atom. The van der Waals surface area contributed by atoms with Crippen LogP contribution in [0.5, 0.6) is 5.75 Å². The summed E-state index contributed by atoms with van der Waals surface area (Å²) in [5.41, 5.74) is 2.76. The standard InChI is InChI=1S/C27H32BrFN6O2/c1-15-8-23(35-13-17-10-18(14-35)34(17)4)24(37-5)11-21(15)32-26-30-12-20(28)25(33-26)31-22-9-16(29)6-7-19(22)27(2,3)36/h6-9,11-12,17-18,36H,10,13-14H2,1-5H3,(H2,30,31,32,33). The zero-order valence-electron chi connectivity index (χ0n) is 21.6. The number of piperazine rings is 1. The van der Waals surface area contributed by atoms with Crippen LogP contribution in [0.2, 0.25) is 0 Å². The number of benzene rings is 2. The second-order valence-electron chi connectivity index (χ2n) is 10.3. The summed E-state index contributed by atoms with van der Waals surface area (Å²) in [5.74, 6) is 1.18.